The van der Waals surface area contributed by atoms with Crippen LogP contribution in [0.3, 0.4) is 0 Å². The predicted molar refractivity (Wildman–Crippen MR) is 83.7 cm³/mol. The third-order valence-electron chi connectivity index (χ3n) is 3.69. The molecule has 5 nitrogen and oxygen atoms in total. The van der Waals surface area contributed by atoms with Crippen molar-refractivity contribution < 1.29 is 14.5 Å². The first-order valence-corrected chi connectivity index (χ1v) is 7.27. The van der Waals surface area contributed by atoms with Crippen molar-refractivity contribution >= 4 is 18.5 Å². The van der Waals surface area contributed by atoms with E-state index in [1.807, 2.05) is 31.2 Å². The van der Waals surface area contributed by atoms with Gasteiger partial charge in [-0.05, 0) is 42.2 Å². The molecule has 0 saturated heterocycles. The number of carbonyl (C=O) groups is 1. The molecule has 0 radical (unpaired) electrons. The highest BCUT2D eigenvalue weighted by Gasteiger charge is 2.28. The van der Waals surface area contributed by atoms with Crippen LogP contribution in [0.15, 0.2) is 42.6 Å². The summed E-state index contributed by atoms with van der Waals surface area (Å²) in [6.45, 7) is 2.33. The molecule has 0 aliphatic carbocycles. The Hall–Kier alpha value is -2.18. The summed E-state index contributed by atoms with van der Waals surface area (Å²) in [5, 5.41) is 12.7. The van der Waals surface area contributed by atoms with Crippen molar-refractivity contribution in [2.24, 2.45) is 0 Å². The molecule has 112 valence electrons. The average Bonchev–Trinajstić information content (AvgIpc) is 2.89. The summed E-state index contributed by atoms with van der Waals surface area (Å²) in [5.41, 5.74) is 3.06. The Balaban J connectivity index is 1.66. The first-order chi connectivity index (χ1) is 10.6. The van der Waals surface area contributed by atoms with Crippen LogP contribution in [0.2, 0.25) is 0 Å². The van der Waals surface area contributed by atoms with E-state index in [2.05, 4.69) is 10.3 Å². The summed E-state index contributed by atoms with van der Waals surface area (Å²) in [7, 11) is -0.936. The molecule has 1 aliphatic heterocycles. The lowest BCUT2D eigenvalue weighted by Gasteiger charge is -2.14. The van der Waals surface area contributed by atoms with Gasteiger partial charge in [-0.3, -0.25) is 9.78 Å². The van der Waals surface area contributed by atoms with Crippen molar-refractivity contribution in [1.29, 1.82) is 0 Å². The average molecular weight is 296 g/mol. The summed E-state index contributed by atoms with van der Waals surface area (Å²) < 4.78 is 5.13. The fourth-order valence-corrected chi connectivity index (χ4v) is 2.55. The van der Waals surface area contributed by atoms with Gasteiger partial charge in [0.2, 0.25) is 0 Å². The maximum atomic E-state index is 12.3. The van der Waals surface area contributed by atoms with Crippen LogP contribution >= 0.6 is 0 Å². The Morgan fingerprint density at radius 2 is 2.32 bits per heavy atom. The van der Waals surface area contributed by atoms with E-state index in [1.54, 1.807) is 18.3 Å². The van der Waals surface area contributed by atoms with Gasteiger partial charge in [0.1, 0.15) is 0 Å². The second-order valence-corrected chi connectivity index (χ2v) is 5.48. The van der Waals surface area contributed by atoms with Gasteiger partial charge in [0.05, 0.1) is 6.61 Å². The van der Waals surface area contributed by atoms with Crippen molar-refractivity contribution in [3.05, 3.63) is 59.4 Å². The van der Waals surface area contributed by atoms with E-state index in [9.17, 15) is 9.82 Å². The monoisotopic (exact) mass is 296 g/mol. The van der Waals surface area contributed by atoms with Crippen LogP contribution < -0.4 is 10.8 Å². The highest BCUT2D eigenvalue weighted by molar-refractivity contribution is 6.61. The lowest BCUT2D eigenvalue weighted by Crippen LogP contribution is -2.35. The molecule has 22 heavy (non-hydrogen) atoms. The summed E-state index contributed by atoms with van der Waals surface area (Å²) in [6, 6.07) is 11.0. The lowest BCUT2D eigenvalue weighted by atomic mass is 9.79. The molecule has 1 atom stereocenters. The summed E-state index contributed by atoms with van der Waals surface area (Å²) >= 11 is 0. The van der Waals surface area contributed by atoms with Crippen LogP contribution in [-0.4, -0.2) is 29.1 Å². The molecular weight excluding hydrogens is 279 g/mol. The van der Waals surface area contributed by atoms with Crippen molar-refractivity contribution in [3.63, 3.8) is 0 Å². The molecule has 2 aromatic rings. The van der Waals surface area contributed by atoms with E-state index in [4.69, 9.17) is 4.65 Å². The first-order valence-electron chi connectivity index (χ1n) is 7.27. The van der Waals surface area contributed by atoms with Crippen LogP contribution in [0.4, 0.5) is 0 Å². The van der Waals surface area contributed by atoms with E-state index >= 15 is 0 Å². The predicted octanol–water partition coefficient (Wildman–Crippen LogP) is 0.660. The molecule has 3 rings (SSSR count). The van der Waals surface area contributed by atoms with E-state index in [0.29, 0.717) is 24.1 Å². The van der Waals surface area contributed by atoms with Gasteiger partial charge in [-0.25, -0.2) is 0 Å². The Labute approximate surface area is 129 Å². The number of rotatable bonds is 4. The van der Waals surface area contributed by atoms with E-state index in [1.165, 1.54) is 0 Å². The van der Waals surface area contributed by atoms with Gasteiger partial charge in [0.15, 0.2) is 0 Å². The molecule has 1 aromatic heterocycles. The van der Waals surface area contributed by atoms with E-state index in [-0.39, 0.29) is 11.9 Å². The Kier molecular flexibility index (Phi) is 4.22. The van der Waals surface area contributed by atoms with Crippen LogP contribution in [0.5, 0.6) is 0 Å². The second kappa shape index (κ2) is 6.29. The molecule has 1 aliphatic rings. The number of fused-ring (bicyclic) bond motifs is 1. The minimum Gasteiger partial charge on any atom is -0.423 e. The molecule has 1 amide bonds. The highest BCUT2D eigenvalue weighted by atomic mass is 16.5. The smallest absolute Gasteiger partial charge is 0.423 e. The number of carbonyl (C=O) groups excluding carboxylic acids is 1. The Bertz CT molecular complexity index is 678. The van der Waals surface area contributed by atoms with Crippen LogP contribution in [0, 0.1) is 0 Å². The summed E-state index contributed by atoms with van der Waals surface area (Å²) in [6.07, 6.45) is 2.41. The third-order valence-corrected chi connectivity index (χ3v) is 3.69. The van der Waals surface area contributed by atoms with Crippen LogP contribution in [0.1, 0.15) is 28.5 Å². The maximum Gasteiger partial charge on any atom is 0.491 e. The normalized spacial score (nSPS) is 14.5. The number of nitrogens with one attached hydrogen (secondary N) is 1. The van der Waals surface area contributed by atoms with Crippen LogP contribution in [-0.2, 0) is 17.7 Å². The Morgan fingerprint density at radius 3 is 3.09 bits per heavy atom. The minimum absolute atomic E-state index is 0.0307. The maximum absolute atomic E-state index is 12.3. The largest absolute Gasteiger partial charge is 0.491 e. The molecule has 6 heteroatoms. The fourth-order valence-electron chi connectivity index (χ4n) is 2.55. The molecule has 2 N–H and O–H groups in total. The molecule has 0 fully saturated rings. The fraction of sp³-hybridized carbons (Fsp3) is 0.250. The van der Waals surface area contributed by atoms with Gasteiger partial charge in [-0.15, -0.1) is 0 Å². The Morgan fingerprint density at radius 1 is 1.45 bits per heavy atom. The zero-order valence-corrected chi connectivity index (χ0v) is 12.3. The molecule has 1 aromatic carbocycles. The quantitative estimate of drug-likeness (QED) is 0.813. The van der Waals surface area contributed by atoms with Crippen molar-refractivity contribution in [2.75, 3.05) is 0 Å². The zero-order chi connectivity index (χ0) is 15.5. The number of nitrogens with zero attached hydrogens (tertiary/aromatic N) is 1. The molecule has 1 unspecified atom stereocenters. The molecular formula is C16H17BN2O3. The number of aromatic nitrogens is 1. The summed E-state index contributed by atoms with van der Waals surface area (Å²) in [5.74, 6) is -0.162. The molecule has 0 saturated carbocycles. The minimum atomic E-state index is -0.936. The van der Waals surface area contributed by atoms with Gasteiger partial charge in [0.25, 0.3) is 5.91 Å². The standard InChI is InChI=1S/C16H17BN2O3/c1-11(8-14-4-2-3-7-18-14)19-16(20)12-5-6-13-10-22-17(21)15(13)9-12/h2-7,9,11,21H,8,10H2,1H3,(H,19,20). The van der Waals surface area contributed by atoms with Crippen molar-refractivity contribution in [3.8, 4) is 0 Å². The zero-order valence-electron chi connectivity index (χ0n) is 12.3. The molecule has 0 bridgehead atoms. The van der Waals surface area contributed by atoms with E-state index < -0.39 is 7.12 Å². The van der Waals surface area contributed by atoms with Crippen LogP contribution in [0.25, 0.3) is 0 Å². The lowest BCUT2D eigenvalue weighted by molar-refractivity contribution is 0.0940. The summed E-state index contributed by atoms with van der Waals surface area (Å²) in [4.78, 5) is 16.6. The van der Waals surface area contributed by atoms with E-state index in [0.717, 1.165) is 11.3 Å². The second-order valence-electron chi connectivity index (χ2n) is 5.48. The molecule has 2 heterocycles. The number of hydrogen-bond donors (Lipinski definition) is 2. The van der Waals surface area contributed by atoms with Gasteiger partial charge in [-0.1, -0.05) is 12.1 Å². The number of benzene rings is 1. The SMILES string of the molecule is CC(Cc1ccccn1)NC(=O)c1ccc2c(c1)B(O)OC2. The van der Waals surface area contributed by atoms with Gasteiger partial charge >= 0.3 is 7.12 Å². The number of pyridine rings is 1. The topological polar surface area (TPSA) is 71.5 Å². The number of amides is 1. The third kappa shape index (κ3) is 3.18. The number of hydrogen-bond acceptors (Lipinski definition) is 4. The van der Waals surface area contributed by atoms with Gasteiger partial charge in [-0.2, -0.15) is 0 Å². The highest BCUT2D eigenvalue weighted by Crippen LogP contribution is 2.11. The van der Waals surface area contributed by atoms with Crippen molar-refractivity contribution in [1.82, 2.24) is 10.3 Å². The van der Waals surface area contributed by atoms with Gasteiger partial charge < -0.3 is 15.0 Å². The first kappa shape index (κ1) is 14.7. The van der Waals surface area contributed by atoms with Crippen molar-refractivity contribution in [2.45, 2.75) is 26.0 Å². The van der Waals surface area contributed by atoms with Gasteiger partial charge in [0, 0.05) is 29.9 Å². The molecule has 0 spiro atoms.